The zero-order valence-electron chi connectivity index (χ0n) is 14.1. The monoisotopic (exact) mass is 332 g/mol. The Morgan fingerprint density at radius 1 is 1.21 bits per heavy atom. The van der Waals surface area contributed by atoms with Gasteiger partial charge >= 0.3 is 12.1 Å². The second kappa shape index (κ2) is 8.96. The molecule has 1 amide bonds. The Morgan fingerprint density at radius 2 is 2.00 bits per heavy atom. The summed E-state index contributed by atoms with van der Waals surface area (Å²) < 4.78 is 10.2. The van der Waals surface area contributed by atoms with Crippen molar-refractivity contribution in [3.05, 3.63) is 36.0 Å². The first-order valence-electron chi connectivity index (χ1n) is 8.30. The van der Waals surface area contributed by atoms with Crippen LogP contribution in [-0.4, -0.2) is 36.3 Å². The number of ether oxygens (including phenoxy) is 2. The van der Waals surface area contributed by atoms with Crippen LogP contribution in [0, 0.1) is 0 Å². The number of benzene rings is 1. The van der Waals surface area contributed by atoms with Crippen molar-refractivity contribution in [2.75, 3.05) is 13.2 Å². The van der Waals surface area contributed by atoms with Gasteiger partial charge < -0.3 is 19.8 Å². The molecule has 0 saturated heterocycles. The van der Waals surface area contributed by atoms with Crippen LogP contribution in [0.3, 0.4) is 0 Å². The van der Waals surface area contributed by atoms with Crippen LogP contribution >= 0.6 is 0 Å². The molecule has 0 bridgehead atoms. The Morgan fingerprint density at radius 3 is 2.75 bits per heavy atom. The highest BCUT2D eigenvalue weighted by Gasteiger charge is 2.24. The Labute approximate surface area is 141 Å². The number of fused-ring (bicyclic) bond motifs is 1. The molecule has 2 aromatic rings. The fourth-order valence-electron chi connectivity index (χ4n) is 2.45. The van der Waals surface area contributed by atoms with E-state index in [2.05, 4.69) is 10.3 Å². The summed E-state index contributed by atoms with van der Waals surface area (Å²) in [6.07, 6.45) is 3.32. The zero-order chi connectivity index (χ0) is 17.4. The number of aromatic amines is 1. The van der Waals surface area contributed by atoms with Gasteiger partial charge in [0.05, 0.1) is 13.2 Å². The third kappa shape index (κ3) is 4.75. The Hall–Kier alpha value is -2.50. The highest BCUT2D eigenvalue weighted by Crippen LogP contribution is 2.19. The van der Waals surface area contributed by atoms with Gasteiger partial charge in [-0.05, 0) is 25.0 Å². The predicted molar refractivity (Wildman–Crippen MR) is 91.8 cm³/mol. The number of nitrogens with one attached hydrogen (secondary N) is 2. The van der Waals surface area contributed by atoms with Crippen LogP contribution in [0.5, 0.6) is 0 Å². The SMILES string of the molecule is CCCCOC(=O)NC(Cc1c[nH]c2ccccc12)C(=O)OCC. The number of carbonyl (C=O) groups excluding carboxylic acids is 2. The lowest BCUT2D eigenvalue weighted by Crippen LogP contribution is -2.43. The summed E-state index contributed by atoms with van der Waals surface area (Å²) >= 11 is 0. The second-order valence-electron chi connectivity index (χ2n) is 5.50. The first-order valence-corrected chi connectivity index (χ1v) is 8.30. The number of esters is 1. The van der Waals surface area contributed by atoms with Gasteiger partial charge in [-0.1, -0.05) is 31.5 Å². The van der Waals surface area contributed by atoms with Crippen LogP contribution in [0.2, 0.25) is 0 Å². The maximum atomic E-state index is 12.2. The summed E-state index contributed by atoms with van der Waals surface area (Å²) in [4.78, 5) is 27.2. The van der Waals surface area contributed by atoms with Gasteiger partial charge in [0.2, 0.25) is 0 Å². The molecule has 1 aromatic carbocycles. The van der Waals surface area contributed by atoms with Gasteiger partial charge in [-0.3, -0.25) is 0 Å². The van der Waals surface area contributed by atoms with Gasteiger partial charge in [0.15, 0.2) is 0 Å². The van der Waals surface area contributed by atoms with Gasteiger partial charge in [-0.2, -0.15) is 0 Å². The lowest BCUT2D eigenvalue weighted by molar-refractivity contribution is -0.145. The van der Waals surface area contributed by atoms with Crippen molar-refractivity contribution in [3.63, 3.8) is 0 Å². The van der Waals surface area contributed by atoms with Gasteiger partial charge in [-0.25, -0.2) is 9.59 Å². The van der Waals surface area contributed by atoms with E-state index in [1.54, 1.807) is 6.92 Å². The fraction of sp³-hybridized carbons (Fsp3) is 0.444. The molecule has 0 saturated carbocycles. The van der Waals surface area contributed by atoms with E-state index in [0.29, 0.717) is 13.0 Å². The van der Waals surface area contributed by atoms with Crippen LogP contribution in [0.15, 0.2) is 30.5 Å². The molecule has 0 aliphatic heterocycles. The number of hydrogen-bond acceptors (Lipinski definition) is 4. The maximum Gasteiger partial charge on any atom is 0.407 e. The molecule has 2 rings (SSSR count). The molecule has 6 heteroatoms. The standard InChI is InChI=1S/C18H24N2O4/c1-3-5-10-24-18(22)20-16(17(21)23-4-2)11-13-12-19-15-9-7-6-8-14(13)15/h6-9,12,16,19H,3-5,10-11H2,1-2H3,(H,20,22). The number of rotatable bonds is 8. The summed E-state index contributed by atoms with van der Waals surface area (Å²) in [5.41, 5.74) is 1.93. The minimum atomic E-state index is -0.779. The van der Waals surface area contributed by atoms with E-state index in [1.165, 1.54) is 0 Å². The van der Waals surface area contributed by atoms with Crippen LogP contribution in [0.25, 0.3) is 10.9 Å². The van der Waals surface area contributed by atoms with Crippen molar-refractivity contribution >= 4 is 23.0 Å². The van der Waals surface area contributed by atoms with Crippen molar-refractivity contribution in [1.82, 2.24) is 10.3 Å². The Balaban J connectivity index is 2.08. The molecule has 1 heterocycles. The van der Waals surface area contributed by atoms with E-state index in [0.717, 1.165) is 29.3 Å². The quantitative estimate of drug-likeness (QED) is 0.575. The number of hydrogen-bond donors (Lipinski definition) is 2. The molecular formula is C18H24N2O4. The number of alkyl carbamates (subject to hydrolysis) is 1. The molecule has 0 aliphatic rings. The molecule has 6 nitrogen and oxygen atoms in total. The number of H-pyrrole nitrogens is 1. The number of unbranched alkanes of at least 4 members (excludes halogenated alkanes) is 1. The zero-order valence-corrected chi connectivity index (χ0v) is 14.1. The highest BCUT2D eigenvalue weighted by atomic mass is 16.6. The van der Waals surface area contributed by atoms with E-state index in [-0.39, 0.29) is 6.61 Å². The Bertz CT molecular complexity index is 680. The average Bonchev–Trinajstić information content (AvgIpc) is 2.98. The van der Waals surface area contributed by atoms with Gasteiger partial charge in [0, 0.05) is 23.5 Å². The normalized spacial score (nSPS) is 11.9. The van der Waals surface area contributed by atoms with E-state index < -0.39 is 18.1 Å². The Kier molecular flexibility index (Phi) is 6.66. The number of carbonyl (C=O) groups is 2. The molecule has 1 aromatic heterocycles. The molecule has 2 N–H and O–H groups in total. The molecule has 0 spiro atoms. The lowest BCUT2D eigenvalue weighted by Gasteiger charge is -2.17. The van der Waals surface area contributed by atoms with Crippen molar-refractivity contribution in [2.24, 2.45) is 0 Å². The second-order valence-corrected chi connectivity index (χ2v) is 5.50. The topological polar surface area (TPSA) is 80.4 Å². The van der Waals surface area contributed by atoms with E-state index >= 15 is 0 Å². The van der Waals surface area contributed by atoms with Crippen LogP contribution in [0.4, 0.5) is 4.79 Å². The predicted octanol–water partition coefficient (Wildman–Crippen LogP) is 3.17. The van der Waals surface area contributed by atoms with E-state index in [1.807, 2.05) is 37.4 Å². The minimum Gasteiger partial charge on any atom is -0.464 e. The van der Waals surface area contributed by atoms with Crippen LogP contribution in [-0.2, 0) is 20.7 Å². The number of para-hydroxylation sites is 1. The summed E-state index contributed by atoms with van der Waals surface area (Å²) in [6.45, 7) is 4.35. The molecule has 0 aliphatic carbocycles. The third-order valence-electron chi connectivity index (χ3n) is 3.69. The summed E-state index contributed by atoms with van der Waals surface area (Å²) in [5, 5.41) is 3.64. The van der Waals surface area contributed by atoms with Gasteiger partial charge in [0.1, 0.15) is 6.04 Å². The largest absolute Gasteiger partial charge is 0.464 e. The fourth-order valence-corrected chi connectivity index (χ4v) is 2.45. The van der Waals surface area contributed by atoms with E-state index in [9.17, 15) is 9.59 Å². The number of aromatic nitrogens is 1. The van der Waals surface area contributed by atoms with Gasteiger partial charge in [0.25, 0.3) is 0 Å². The van der Waals surface area contributed by atoms with Crippen molar-refractivity contribution in [3.8, 4) is 0 Å². The van der Waals surface area contributed by atoms with Crippen molar-refractivity contribution < 1.29 is 19.1 Å². The minimum absolute atomic E-state index is 0.260. The molecule has 1 unspecified atom stereocenters. The first-order chi connectivity index (χ1) is 11.7. The lowest BCUT2D eigenvalue weighted by atomic mass is 10.1. The van der Waals surface area contributed by atoms with Crippen LogP contribution < -0.4 is 5.32 Å². The molecule has 0 fully saturated rings. The molecule has 24 heavy (non-hydrogen) atoms. The number of amides is 1. The average molecular weight is 332 g/mol. The molecule has 0 radical (unpaired) electrons. The summed E-state index contributed by atoms with van der Waals surface area (Å²) in [6, 6.07) is 7.03. The first kappa shape index (κ1) is 17.8. The summed E-state index contributed by atoms with van der Waals surface area (Å²) in [5.74, 6) is -0.463. The van der Waals surface area contributed by atoms with Crippen molar-refractivity contribution in [1.29, 1.82) is 0 Å². The molecule has 1 atom stereocenters. The van der Waals surface area contributed by atoms with Crippen LogP contribution in [0.1, 0.15) is 32.3 Å². The summed E-state index contributed by atoms with van der Waals surface area (Å²) in [7, 11) is 0. The van der Waals surface area contributed by atoms with E-state index in [4.69, 9.17) is 9.47 Å². The van der Waals surface area contributed by atoms with Crippen molar-refractivity contribution in [2.45, 2.75) is 39.2 Å². The maximum absolute atomic E-state index is 12.2. The molecular weight excluding hydrogens is 308 g/mol. The third-order valence-corrected chi connectivity index (χ3v) is 3.69. The molecule has 130 valence electrons. The van der Waals surface area contributed by atoms with Gasteiger partial charge in [-0.15, -0.1) is 0 Å². The highest BCUT2D eigenvalue weighted by molar-refractivity contribution is 5.86. The smallest absolute Gasteiger partial charge is 0.407 e.